The van der Waals surface area contributed by atoms with E-state index in [4.69, 9.17) is 5.84 Å². The number of nitrogens with zero attached hydrogens (tertiary/aromatic N) is 2. The molecule has 0 saturated carbocycles. The van der Waals surface area contributed by atoms with E-state index in [1.807, 2.05) is 0 Å². The molecule has 0 saturated heterocycles. The molecule has 5 heteroatoms. The zero-order chi connectivity index (χ0) is 10.6. The summed E-state index contributed by atoms with van der Waals surface area (Å²) < 4.78 is 0. The molecule has 1 rings (SSSR count). The van der Waals surface area contributed by atoms with E-state index < -0.39 is 11.8 Å². The molecule has 1 aromatic heterocycles. The number of nitrogens with two attached hydrogens (primary N) is 1. The highest BCUT2D eigenvalue weighted by Crippen LogP contribution is 2.01. The summed E-state index contributed by atoms with van der Waals surface area (Å²) in [5, 5.41) is 0.620. The van der Waals surface area contributed by atoms with Crippen molar-refractivity contribution < 1.29 is 9.59 Å². The van der Waals surface area contributed by atoms with Crippen LogP contribution < -0.4 is 5.84 Å². The van der Waals surface area contributed by atoms with E-state index >= 15 is 0 Å². The van der Waals surface area contributed by atoms with Gasteiger partial charge in [-0.2, -0.15) is 0 Å². The number of amides is 2. The molecule has 74 valence electrons. The van der Waals surface area contributed by atoms with Crippen LogP contribution in [0.15, 0.2) is 24.5 Å². The lowest BCUT2D eigenvalue weighted by molar-refractivity contribution is -0.128. The molecule has 0 bridgehead atoms. The Morgan fingerprint density at radius 3 is 2.50 bits per heavy atom. The minimum Gasteiger partial charge on any atom is -0.273 e. The fourth-order valence-electron chi connectivity index (χ4n) is 0.917. The summed E-state index contributed by atoms with van der Waals surface area (Å²) in [5.41, 5.74) is 0.351. The summed E-state index contributed by atoms with van der Waals surface area (Å²) in [6.07, 6.45) is 3.14. The molecule has 0 radical (unpaired) electrons. The van der Waals surface area contributed by atoms with Gasteiger partial charge in [0.1, 0.15) is 0 Å². The first-order chi connectivity index (χ1) is 6.66. The molecule has 0 aliphatic heterocycles. The largest absolute Gasteiger partial charge is 0.274 e. The highest BCUT2D eigenvalue weighted by atomic mass is 16.2. The van der Waals surface area contributed by atoms with Gasteiger partial charge in [0.25, 0.3) is 5.91 Å². The molecule has 14 heavy (non-hydrogen) atoms. The fraction of sp³-hybridized carbons (Fsp3) is 0.222. The molecule has 1 heterocycles. The molecule has 1 aromatic rings. The van der Waals surface area contributed by atoms with E-state index in [-0.39, 0.29) is 6.42 Å². The van der Waals surface area contributed by atoms with E-state index in [0.29, 0.717) is 10.6 Å². The molecule has 5 nitrogen and oxygen atoms in total. The number of carbonyl (C=O) groups excluding carboxylic acids is 2. The van der Waals surface area contributed by atoms with Gasteiger partial charge in [-0.15, -0.1) is 0 Å². The molecule has 0 fully saturated rings. The highest BCUT2D eigenvalue weighted by Gasteiger charge is 2.17. The Morgan fingerprint density at radius 1 is 1.43 bits per heavy atom. The Morgan fingerprint density at radius 2 is 2.00 bits per heavy atom. The molecule has 0 atom stereocenters. The van der Waals surface area contributed by atoms with Crippen LogP contribution in [0.1, 0.15) is 23.7 Å². The van der Waals surface area contributed by atoms with Crippen LogP contribution in [0.25, 0.3) is 0 Å². The first-order valence-corrected chi connectivity index (χ1v) is 4.18. The second-order valence-electron chi connectivity index (χ2n) is 2.66. The lowest BCUT2D eigenvalue weighted by Crippen LogP contribution is -2.42. The summed E-state index contributed by atoms with van der Waals surface area (Å²) in [4.78, 5) is 26.3. The van der Waals surface area contributed by atoms with Gasteiger partial charge in [0.15, 0.2) is 0 Å². The third-order valence-corrected chi connectivity index (χ3v) is 1.72. The van der Waals surface area contributed by atoms with E-state index in [0.717, 1.165) is 0 Å². The number of imide groups is 1. The van der Waals surface area contributed by atoms with Crippen molar-refractivity contribution in [1.82, 2.24) is 9.99 Å². The molecule has 2 N–H and O–H groups in total. The van der Waals surface area contributed by atoms with Crippen LogP contribution >= 0.6 is 0 Å². The zero-order valence-corrected chi connectivity index (χ0v) is 7.80. The van der Waals surface area contributed by atoms with Crippen molar-refractivity contribution in [3.8, 4) is 0 Å². The molecular formula is C9H11N3O2. The third kappa shape index (κ3) is 2.14. The van der Waals surface area contributed by atoms with Crippen LogP contribution in [-0.4, -0.2) is 21.8 Å². The monoisotopic (exact) mass is 193 g/mol. The summed E-state index contributed by atoms with van der Waals surface area (Å²) in [7, 11) is 0. The molecule has 0 aromatic carbocycles. The average molecular weight is 193 g/mol. The number of pyridine rings is 1. The number of rotatable bonds is 2. The zero-order valence-electron chi connectivity index (χ0n) is 7.80. The summed E-state index contributed by atoms with van der Waals surface area (Å²) in [6, 6.07) is 3.01. The van der Waals surface area contributed by atoms with Crippen molar-refractivity contribution in [2.75, 3.05) is 0 Å². The van der Waals surface area contributed by atoms with Crippen molar-refractivity contribution in [3.05, 3.63) is 30.1 Å². The maximum Gasteiger partial charge on any atom is 0.274 e. The van der Waals surface area contributed by atoms with E-state index in [2.05, 4.69) is 4.98 Å². The Kier molecular flexibility index (Phi) is 3.30. The fourth-order valence-corrected chi connectivity index (χ4v) is 0.917. The molecular weight excluding hydrogens is 182 g/mol. The van der Waals surface area contributed by atoms with Gasteiger partial charge in [0.2, 0.25) is 5.91 Å². The topological polar surface area (TPSA) is 76.3 Å². The normalized spacial score (nSPS) is 9.57. The minimum absolute atomic E-state index is 0.202. The van der Waals surface area contributed by atoms with Crippen molar-refractivity contribution >= 4 is 11.8 Å². The van der Waals surface area contributed by atoms with Gasteiger partial charge in [0.05, 0.1) is 0 Å². The molecule has 0 aliphatic rings. The van der Waals surface area contributed by atoms with Gasteiger partial charge < -0.3 is 0 Å². The lowest BCUT2D eigenvalue weighted by Gasteiger charge is -2.12. The third-order valence-electron chi connectivity index (χ3n) is 1.72. The van der Waals surface area contributed by atoms with Gasteiger partial charge >= 0.3 is 0 Å². The predicted molar refractivity (Wildman–Crippen MR) is 49.9 cm³/mol. The smallest absolute Gasteiger partial charge is 0.273 e. The van der Waals surface area contributed by atoms with Crippen molar-refractivity contribution in [2.24, 2.45) is 5.84 Å². The molecule has 0 aliphatic carbocycles. The van der Waals surface area contributed by atoms with E-state index in [1.54, 1.807) is 6.92 Å². The number of hydrogen-bond donors (Lipinski definition) is 1. The summed E-state index contributed by atoms with van der Waals surface area (Å²) in [5.74, 6) is 4.39. The van der Waals surface area contributed by atoms with Gasteiger partial charge in [-0.05, 0) is 12.1 Å². The summed E-state index contributed by atoms with van der Waals surface area (Å²) >= 11 is 0. The second-order valence-corrected chi connectivity index (χ2v) is 2.66. The van der Waals surface area contributed by atoms with Gasteiger partial charge in [-0.25, -0.2) is 10.9 Å². The Bertz CT molecular complexity index is 337. The van der Waals surface area contributed by atoms with Crippen LogP contribution in [0.5, 0.6) is 0 Å². The van der Waals surface area contributed by atoms with Crippen LogP contribution in [0.4, 0.5) is 0 Å². The maximum absolute atomic E-state index is 11.5. The standard InChI is InChI=1S/C9H11N3O2/c1-2-8(13)12(10)9(14)7-3-5-11-6-4-7/h3-6H,2,10H2,1H3. The number of aromatic nitrogens is 1. The Hall–Kier alpha value is -1.75. The van der Waals surface area contributed by atoms with Gasteiger partial charge in [-0.1, -0.05) is 6.92 Å². The van der Waals surface area contributed by atoms with Gasteiger partial charge in [0, 0.05) is 24.4 Å². The lowest BCUT2D eigenvalue weighted by atomic mass is 10.2. The Labute approximate surface area is 81.5 Å². The average Bonchev–Trinajstić information content (AvgIpc) is 2.27. The molecule has 0 spiro atoms. The van der Waals surface area contributed by atoms with Crippen LogP contribution in [0.2, 0.25) is 0 Å². The van der Waals surface area contributed by atoms with Crippen LogP contribution in [-0.2, 0) is 4.79 Å². The van der Waals surface area contributed by atoms with E-state index in [9.17, 15) is 9.59 Å². The highest BCUT2D eigenvalue weighted by molar-refractivity contribution is 6.03. The van der Waals surface area contributed by atoms with Crippen LogP contribution in [0, 0.1) is 0 Å². The van der Waals surface area contributed by atoms with Crippen LogP contribution in [0.3, 0.4) is 0 Å². The van der Waals surface area contributed by atoms with Crippen molar-refractivity contribution in [1.29, 1.82) is 0 Å². The number of hydrazine groups is 1. The summed E-state index contributed by atoms with van der Waals surface area (Å²) in [6.45, 7) is 1.64. The Balaban J connectivity index is 2.81. The predicted octanol–water partition coefficient (Wildman–Crippen LogP) is 0.334. The first kappa shape index (κ1) is 10.3. The second kappa shape index (κ2) is 4.48. The van der Waals surface area contributed by atoms with Crippen molar-refractivity contribution in [2.45, 2.75) is 13.3 Å². The maximum atomic E-state index is 11.5. The molecule has 2 amide bonds. The van der Waals surface area contributed by atoms with Gasteiger partial charge in [-0.3, -0.25) is 14.6 Å². The number of hydrogen-bond acceptors (Lipinski definition) is 4. The van der Waals surface area contributed by atoms with E-state index in [1.165, 1.54) is 24.5 Å². The SMILES string of the molecule is CCC(=O)N(N)C(=O)c1ccncc1. The first-order valence-electron chi connectivity index (χ1n) is 4.18. The van der Waals surface area contributed by atoms with Crippen molar-refractivity contribution in [3.63, 3.8) is 0 Å². The number of carbonyl (C=O) groups is 2. The molecule has 0 unspecified atom stereocenters. The quantitative estimate of drug-likeness (QED) is 0.417. The minimum atomic E-state index is -0.515.